The van der Waals surface area contributed by atoms with Crippen LogP contribution < -0.4 is 0 Å². The van der Waals surface area contributed by atoms with E-state index < -0.39 is 0 Å². The minimum Gasteiger partial charge on any atom is -0.489 e. The highest BCUT2D eigenvalue weighted by molar-refractivity contribution is 5.84. The molecule has 0 saturated heterocycles. The molecule has 0 unspecified atom stereocenters. The first-order valence-electron chi connectivity index (χ1n) is 11.2. The third-order valence-corrected chi connectivity index (χ3v) is 5.82. The first-order chi connectivity index (χ1) is 15.1. The third-order valence-electron chi connectivity index (χ3n) is 5.82. The lowest BCUT2D eigenvalue weighted by atomic mass is 9.95. The lowest BCUT2D eigenvalue weighted by molar-refractivity contribution is 0.206. The number of pyridine rings is 1. The summed E-state index contributed by atoms with van der Waals surface area (Å²) in [7, 11) is 0. The highest BCUT2D eigenvalue weighted by atomic mass is 16.5. The van der Waals surface area contributed by atoms with Gasteiger partial charge in [-0.2, -0.15) is 0 Å². The molecule has 0 saturated carbocycles. The van der Waals surface area contributed by atoms with E-state index in [1.165, 1.54) is 27.6 Å². The van der Waals surface area contributed by atoms with Crippen molar-refractivity contribution in [2.75, 3.05) is 0 Å². The van der Waals surface area contributed by atoms with Gasteiger partial charge >= 0.3 is 0 Å². The second kappa shape index (κ2) is 10.8. The number of hydrogen-bond donors (Lipinski definition) is 0. The van der Waals surface area contributed by atoms with Gasteiger partial charge in [-0.05, 0) is 90.8 Å². The fraction of sp³-hybridized carbons (Fsp3) is 0.276. The smallest absolute Gasteiger partial charge is 0.122 e. The number of hydrogen-bond acceptors (Lipinski definition) is 2. The summed E-state index contributed by atoms with van der Waals surface area (Å²) in [5, 5.41) is 1.27. The van der Waals surface area contributed by atoms with Gasteiger partial charge in [-0.3, -0.25) is 4.98 Å². The molecule has 0 aliphatic rings. The van der Waals surface area contributed by atoms with Crippen molar-refractivity contribution in [3.63, 3.8) is 0 Å². The first-order valence-corrected chi connectivity index (χ1v) is 11.2. The van der Waals surface area contributed by atoms with Gasteiger partial charge in [0.1, 0.15) is 12.4 Å². The molecule has 0 spiro atoms. The molecule has 2 aromatic carbocycles. The van der Waals surface area contributed by atoms with Gasteiger partial charge in [-0.15, -0.1) is 0 Å². The molecular weight excluding hydrogens is 378 g/mol. The molecule has 160 valence electrons. The van der Waals surface area contributed by atoms with Crippen LogP contribution in [-0.4, -0.2) is 4.98 Å². The maximum Gasteiger partial charge on any atom is 0.122 e. The van der Waals surface area contributed by atoms with Gasteiger partial charge in [0.05, 0.1) is 5.52 Å². The van der Waals surface area contributed by atoms with E-state index in [0.717, 1.165) is 41.7 Å². The average Bonchev–Trinajstić information content (AvgIpc) is 2.81. The van der Waals surface area contributed by atoms with Crippen LogP contribution in [0.5, 0.6) is 0 Å². The Morgan fingerprint density at radius 3 is 2.29 bits per heavy atom. The number of benzene rings is 2. The van der Waals surface area contributed by atoms with E-state index in [9.17, 15) is 0 Å². The van der Waals surface area contributed by atoms with E-state index in [-0.39, 0.29) is 0 Å². The van der Waals surface area contributed by atoms with Crippen molar-refractivity contribution in [1.29, 1.82) is 0 Å². The van der Waals surface area contributed by atoms with Crippen molar-refractivity contribution in [2.45, 2.75) is 53.6 Å². The van der Waals surface area contributed by atoms with Gasteiger partial charge < -0.3 is 4.74 Å². The van der Waals surface area contributed by atoms with Gasteiger partial charge in [-0.1, -0.05) is 56.8 Å². The Balaban J connectivity index is 1.77. The summed E-state index contributed by atoms with van der Waals surface area (Å²) in [4.78, 5) is 4.63. The number of aryl methyl sites for hydroxylation is 2. The van der Waals surface area contributed by atoms with Crippen LogP contribution in [0.15, 0.2) is 84.8 Å². The highest BCUT2D eigenvalue weighted by Crippen LogP contribution is 2.25. The number of ether oxygens (including phenoxy) is 1. The summed E-state index contributed by atoms with van der Waals surface area (Å²) >= 11 is 0. The van der Waals surface area contributed by atoms with Crippen molar-refractivity contribution in [3.05, 3.63) is 113 Å². The van der Waals surface area contributed by atoms with Gasteiger partial charge in [0.15, 0.2) is 0 Å². The monoisotopic (exact) mass is 411 g/mol. The summed E-state index contributed by atoms with van der Waals surface area (Å²) < 4.78 is 6.00. The summed E-state index contributed by atoms with van der Waals surface area (Å²) in [6.07, 6.45) is 10.6. The predicted molar refractivity (Wildman–Crippen MR) is 132 cm³/mol. The molecule has 0 aliphatic heterocycles. The number of allylic oxidation sites excluding steroid dienone is 4. The Morgan fingerprint density at radius 2 is 1.65 bits per heavy atom. The molecule has 0 amide bonds. The molecule has 0 atom stereocenters. The van der Waals surface area contributed by atoms with Crippen molar-refractivity contribution in [1.82, 2.24) is 4.98 Å². The van der Waals surface area contributed by atoms with Crippen molar-refractivity contribution in [2.24, 2.45) is 0 Å². The molecule has 0 fully saturated rings. The second-order valence-electron chi connectivity index (χ2n) is 7.84. The summed E-state index contributed by atoms with van der Waals surface area (Å²) in [5.74, 6) is 0.864. The molecule has 1 heterocycles. The Morgan fingerprint density at radius 1 is 0.968 bits per heavy atom. The standard InChI is InChI=1S/C29H33NO/c1-6-10-29(21(5)7-2)31-20-23-13-11-22(12-14-23)17-26-15-16-30-28-19-25(9-4)24(8-3)18-27(26)28/h6-7,10-16,18-19H,1,8-9,17,20H2,2-5H3/b21-7-,29-10+. The first kappa shape index (κ1) is 22.6. The number of aromatic nitrogens is 1. The van der Waals surface area contributed by atoms with Gasteiger partial charge in [0, 0.05) is 11.6 Å². The van der Waals surface area contributed by atoms with Crippen molar-refractivity contribution in [3.8, 4) is 0 Å². The Kier molecular flexibility index (Phi) is 7.83. The van der Waals surface area contributed by atoms with E-state index in [4.69, 9.17) is 4.74 Å². The summed E-state index contributed by atoms with van der Waals surface area (Å²) in [5.41, 5.74) is 8.81. The number of rotatable bonds is 9. The quantitative estimate of drug-likeness (QED) is 0.268. The molecule has 0 aliphatic carbocycles. The maximum atomic E-state index is 6.00. The second-order valence-corrected chi connectivity index (χ2v) is 7.84. The number of nitrogens with zero attached hydrogens (tertiary/aromatic N) is 1. The lowest BCUT2D eigenvalue weighted by Crippen LogP contribution is -1.98. The largest absolute Gasteiger partial charge is 0.489 e. The molecular formula is C29H33NO. The van der Waals surface area contributed by atoms with E-state index >= 15 is 0 Å². The van der Waals surface area contributed by atoms with Gasteiger partial charge in [-0.25, -0.2) is 0 Å². The summed E-state index contributed by atoms with van der Waals surface area (Å²) in [6.45, 7) is 12.8. The maximum absolute atomic E-state index is 6.00. The Labute approximate surface area is 187 Å². The fourth-order valence-corrected chi connectivity index (χ4v) is 3.83. The number of fused-ring (bicyclic) bond motifs is 1. The molecule has 1 aromatic heterocycles. The third kappa shape index (κ3) is 5.52. The summed E-state index contributed by atoms with van der Waals surface area (Å²) in [6, 6.07) is 15.5. The van der Waals surface area contributed by atoms with Gasteiger partial charge in [0.2, 0.25) is 0 Å². The zero-order chi connectivity index (χ0) is 22.2. The van der Waals surface area contributed by atoms with E-state index in [1.54, 1.807) is 6.08 Å². The highest BCUT2D eigenvalue weighted by Gasteiger charge is 2.08. The van der Waals surface area contributed by atoms with Crippen LogP contribution in [0.1, 0.15) is 55.5 Å². The van der Waals surface area contributed by atoms with Crippen LogP contribution in [0, 0.1) is 0 Å². The molecule has 2 heteroatoms. The van der Waals surface area contributed by atoms with Crippen LogP contribution >= 0.6 is 0 Å². The molecule has 0 bridgehead atoms. The molecule has 31 heavy (non-hydrogen) atoms. The Hall–Kier alpha value is -3.13. The molecule has 0 N–H and O–H groups in total. The zero-order valence-corrected chi connectivity index (χ0v) is 19.2. The molecule has 3 aromatic rings. The SMILES string of the molecule is C=C/C=C(OCc1ccc(Cc2ccnc3cc(CC)c(CC)cc23)cc1)\C(C)=C/C. The molecule has 0 radical (unpaired) electrons. The molecule has 3 rings (SSSR count). The van der Waals surface area contributed by atoms with E-state index in [0.29, 0.717) is 6.61 Å². The zero-order valence-electron chi connectivity index (χ0n) is 19.2. The van der Waals surface area contributed by atoms with Crippen molar-refractivity contribution < 1.29 is 4.74 Å². The van der Waals surface area contributed by atoms with Crippen LogP contribution in [-0.2, 0) is 30.6 Å². The van der Waals surface area contributed by atoms with E-state index in [1.807, 2.05) is 32.2 Å². The Bertz CT molecular complexity index is 1100. The minimum absolute atomic E-state index is 0.545. The minimum atomic E-state index is 0.545. The average molecular weight is 412 g/mol. The van der Waals surface area contributed by atoms with Crippen LogP contribution in [0.2, 0.25) is 0 Å². The lowest BCUT2D eigenvalue weighted by Gasteiger charge is -2.13. The van der Waals surface area contributed by atoms with Gasteiger partial charge in [0.25, 0.3) is 0 Å². The van der Waals surface area contributed by atoms with Crippen LogP contribution in [0.4, 0.5) is 0 Å². The van der Waals surface area contributed by atoms with Crippen LogP contribution in [0.3, 0.4) is 0 Å². The van der Waals surface area contributed by atoms with Crippen molar-refractivity contribution >= 4 is 10.9 Å². The normalized spacial score (nSPS) is 12.3. The van der Waals surface area contributed by atoms with Crippen LogP contribution in [0.25, 0.3) is 10.9 Å². The fourth-order valence-electron chi connectivity index (χ4n) is 3.83. The topological polar surface area (TPSA) is 22.1 Å². The predicted octanol–water partition coefficient (Wildman–Crippen LogP) is 7.50. The molecule has 2 nitrogen and oxygen atoms in total. The van der Waals surface area contributed by atoms with E-state index in [2.05, 4.69) is 67.9 Å².